The second-order valence-corrected chi connectivity index (χ2v) is 4.79. The first kappa shape index (κ1) is 15.2. The molecule has 7 heteroatoms. The van der Waals surface area contributed by atoms with E-state index < -0.39 is 11.9 Å². The van der Waals surface area contributed by atoms with Crippen LogP contribution >= 0.6 is 0 Å². The van der Waals surface area contributed by atoms with Crippen molar-refractivity contribution in [3.63, 3.8) is 0 Å². The normalized spacial score (nSPS) is 14.9. The molecule has 0 fully saturated rings. The van der Waals surface area contributed by atoms with Crippen LogP contribution in [0.25, 0.3) is 0 Å². The maximum absolute atomic E-state index is 13.0. The number of hydrogen-bond acceptors (Lipinski definition) is 4. The van der Waals surface area contributed by atoms with Gasteiger partial charge < -0.3 is 10.2 Å². The van der Waals surface area contributed by atoms with Crippen molar-refractivity contribution < 1.29 is 13.2 Å². The third-order valence-corrected chi connectivity index (χ3v) is 3.55. The van der Waals surface area contributed by atoms with Crippen LogP contribution < -0.4 is 5.32 Å². The molecule has 0 aromatic carbocycles. The molecule has 1 aliphatic rings. The smallest absolute Gasteiger partial charge is 0.307 e. The van der Waals surface area contributed by atoms with Gasteiger partial charge in [0, 0.05) is 31.6 Å². The molecule has 0 amide bonds. The first-order valence-corrected chi connectivity index (χ1v) is 6.84. The van der Waals surface area contributed by atoms with Crippen LogP contribution in [0.15, 0.2) is 0 Å². The number of hydrogen-bond donors (Lipinski definition) is 1. The van der Waals surface area contributed by atoms with Gasteiger partial charge >= 0.3 is 6.18 Å². The molecule has 20 heavy (non-hydrogen) atoms. The molecule has 1 N–H and O–H groups in total. The highest BCUT2D eigenvalue weighted by atomic mass is 19.4. The zero-order chi connectivity index (χ0) is 14.8. The lowest BCUT2D eigenvalue weighted by molar-refractivity contribution is -0.142. The number of likely N-dealkylation sites (N-methyl/N-ethyl adjacent to an activating group) is 1. The summed E-state index contributed by atoms with van der Waals surface area (Å²) in [5, 5.41) is 2.90. The Morgan fingerprint density at radius 3 is 2.45 bits per heavy atom. The molecule has 0 saturated carbocycles. The van der Waals surface area contributed by atoms with Crippen molar-refractivity contribution in [2.24, 2.45) is 0 Å². The van der Waals surface area contributed by atoms with Crippen molar-refractivity contribution in [1.29, 1.82) is 0 Å². The lowest BCUT2D eigenvalue weighted by Crippen LogP contribution is -2.26. The van der Waals surface area contributed by atoms with Crippen LogP contribution in [0.5, 0.6) is 0 Å². The number of nitrogens with zero attached hydrogens (tertiary/aromatic N) is 3. The summed E-state index contributed by atoms with van der Waals surface area (Å²) in [6, 6.07) is 0. The lowest BCUT2D eigenvalue weighted by atomic mass is 10.1. The second kappa shape index (κ2) is 6.05. The Labute approximate surface area is 116 Å². The first-order chi connectivity index (χ1) is 9.45. The van der Waals surface area contributed by atoms with Crippen molar-refractivity contribution in [2.45, 2.75) is 39.5 Å². The summed E-state index contributed by atoms with van der Waals surface area (Å²) in [6.45, 7) is 7.05. The Morgan fingerprint density at radius 2 is 1.85 bits per heavy atom. The quantitative estimate of drug-likeness (QED) is 0.899. The van der Waals surface area contributed by atoms with Crippen LogP contribution in [-0.4, -0.2) is 34.5 Å². The zero-order valence-corrected chi connectivity index (χ0v) is 11.7. The van der Waals surface area contributed by atoms with Gasteiger partial charge in [-0.2, -0.15) is 13.2 Å². The van der Waals surface area contributed by atoms with E-state index in [9.17, 15) is 13.2 Å². The molecular weight excluding hydrogens is 269 g/mol. The number of nitrogens with one attached hydrogen (secondary N) is 1. The minimum Gasteiger partial charge on any atom is -0.307 e. The van der Waals surface area contributed by atoms with E-state index in [0.29, 0.717) is 25.2 Å². The maximum Gasteiger partial charge on any atom is 0.433 e. The molecular formula is C13H19F3N4. The number of fused-ring (bicyclic) bond motifs is 1. The van der Waals surface area contributed by atoms with Crippen LogP contribution in [0.3, 0.4) is 0 Å². The average molecular weight is 288 g/mol. The summed E-state index contributed by atoms with van der Waals surface area (Å²) in [4.78, 5) is 10.2. The van der Waals surface area contributed by atoms with E-state index in [2.05, 4.69) is 20.2 Å². The van der Waals surface area contributed by atoms with Crippen LogP contribution in [0.4, 0.5) is 13.2 Å². The van der Waals surface area contributed by atoms with Gasteiger partial charge in [-0.1, -0.05) is 13.8 Å². The van der Waals surface area contributed by atoms with Gasteiger partial charge in [0.05, 0.1) is 5.69 Å². The number of halogens is 3. The predicted molar refractivity (Wildman–Crippen MR) is 69.1 cm³/mol. The van der Waals surface area contributed by atoms with E-state index in [4.69, 9.17) is 0 Å². The van der Waals surface area contributed by atoms with E-state index >= 15 is 0 Å². The molecule has 1 aliphatic heterocycles. The fraction of sp³-hybridized carbons (Fsp3) is 0.692. The minimum absolute atomic E-state index is 0.195. The summed E-state index contributed by atoms with van der Waals surface area (Å²) in [5.41, 5.74) is -0.0898. The van der Waals surface area contributed by atoms with Gasteiger partial charge in [-0.15, -0.1) is 0 Å². The van der Waals surface area contributed by atoms with Gasteiger partial charge in [0.25, 0.3) is 0 Å². The van der Waals surface area contributed by atoms with Crippen LogP contribution in [0.1, 0.15) is 36.6 Å². The summed E-state index contributed by atoms with van der Waals surface area (Å²) < 4.78 is 39.1. The molecule has 0 bridgehead atoms. The number of aromatic nitrogens is 2. The summed E-state index contributed by atoms with van der Waals surface area (Å²) in [7, 11) is 0. The highest BCUT2D eigenvalue weighted by Crippen LogP contribution is 2.33. The summed E-state index contributed by atoms with van der Waals surface area (Å²) in [6.07, 6.45) is -3.97. The Hall–Kier alpha value is -1.21. The molecule has 1 aromatic rings. The maximum atomic E-state index is 13.0. The largest absolute Gasteiger partial charge is 0.433 e. The Balaban J connectivity index is 2.23. The second-order valence-electron chi connectivity index (χ2n) is 4.79. The van der Waals surface area contributed by atoms with Gasteiger partial charge in [-0.25, -0.2) is 9.97 Å². The monoisotopic (exact) mass is 288 g/mol. The van der Waals surface area contributed by atoms with Crippen molar-refractivity contribution in [1.82, 2.24) is 20.2 Å². The van der Waals surface area contributed by atoms with Gasteiger partial charge in [0.15, 0.2) is 5.69 Å². The fourth-order valence-corrected chi connectivity index (χ4v) is 2.36. The van der Waals surface area contributed by atoms with Crippen molar-refractivity contribution in [3.05, 3.63) is 22.8 Å². The Kier molecular flexibility index (Phi) is 4.59. The number of alkyl halides is 3. The van der Waals surface area contributed by atoms with Crippen LogP contribution in [0, 0.1) is 0 Å². The highest BCUT2D eigenvalue weighted by molar-refractivity contribution is 5.31. The van der Waals surface area contributed by atoms with Crippen LogP contribution in [-0.2, 0) is 25.7 Å². The highest BCUT2D eigenvalue weighted by Gasteiger charge is 2.38. The topological polar surface area (TPSA) is 41.1 Å². The first-order valence-electron chi connectivity index (χ1n) is 6.84. The molecule has 2 heterocycles. The van der Waals surface area contributed by atoms with E-state index in [0.717, 1.165) is 13.1 Å². The van der Waals surface area contributed by atoms with Crippen molar-refractivity contribution in [2.75, 3.05) is 19.6 Å². The average Bonchev–Trinajstić information content (AvgIpc) is 2.85. The third kappa shape index (κ3) is 3.27. The molecule has 1 aromatic heterocycles. The van der Waals surface area contributed by atoms with E-state index in [1.54, 1.807) is 0 Å². The third-order valence-electron chi connectivity index (χ3n) is 3.55. The summed E-state index contributed by atoms with van der Waals surface area (Å²) in [5.74, 6) is 0.284. The van der Waals surface area contributed by atoms with E-state index in [1.165, 1.54) is 0 Å². The summed E-state index contributed by atoms with van der Waals surface area (Å²) >= 11 is 0. The molecule has 112 valence electrons. The van der Waals surface area contributed by atoms with Gasteiger partial charge in [0.1, 0.15) is 5.82 Å². The lowest BCUT2D eigenvalue weighted by Gasteiger charge is -2.18. The Morgan fingerprint density at radius 1 is 1.15 bits per heavy atom. The van der Waals surface area contributed by atoms with Crippen molar-refractivity contribution >= 4 is 0 Å². The molecule has 0 unspecified atom stereocenters. The fourth-order valence-electron chi connectivity index (χ4n) is 2.36. The van der Waals surface area contributed by atoms with Gasteiger partial charge in [-0.3, -0.25) is 0 Å². The Bertz CT molecular complexity index is 469. The standard InChI is InChI=1S/C13H19F3N4/c1-3-20(4-2)6-5-11-18-10-8-17-7-9(10)12(19-11)13(14,15)16/h17H,3-8H2,1-2H3. The molecule has 0 radical (unpaired) electrons. The SMILES string of the molecule is CCN(CC)CCc1nc2c(c(C(F)(F)F)n1)CNC2. The molecule has 4 nitrogen and oxygen atoms in total. The van der Waals surface area contributed by atoms with Gasteiger partial charge in [-0.05, 0) is 13.1 Å². The number of rotatable bonds is 5. The molecule has 0 saturated heterocycles. The molecule has 0 aliphatic carbocycles. The van der Waals surface area contributed by atoms with Crippen LogP contribution in [0.2, 0.25) is 0 Å². The minimum atomic E-state index is -4.41. The molecule has 0 spiro atoms. The molecule has 2 rings (SSSR count). The predicted octanol–water partition coefficient (Wildman–Crippen LogP) is 1.98. The van der Waals surface area contributed by atoms with E-state index in [-0.39, 0.29) is 17.9 Å². The van der Waals surface area contributed by atoms with Crippen molar-refractivity contribution in [3.8, 4) is 0 Å². The van der Waals surface area contributed by atoms with Gasteiger partial charge in [0.2, 0.25) is 0 Å². The molecule has 0 atom stereocenters. The zero-order valence-electron chi connectivity index (χ0n) is 11.7. The van der Waals surface area contributed by atoms with E-state index in [1.807, 2.05) is 13.8 Å².